The van der Waals surface area contributed by atoms with Gasteiger partial charge in [0.15, 0.2) is 35.1 Å². The highest BCUT2D eigenvalue weighted by Gasteiger charge is 2.31. The van der Waals surface area contributed by atoms with Crippen molar-refractivity contribution in [3.8, 4) is 0 Å². The number of carbonyl (C=O) groups excluding carboxylic acids is 2. The number of hydroxylamine groups is 1. The molecule has 2 aromatic rings. The van der Waals surface area contributed by atoms with Gasteiger partial charge in [-0.2, -0.15) is 0 Å². The molecule has 3 heterocycles. The van der Waals surface area contributed by atoms with E-state index in [-0.39, 0.29) is 11.8 Å². The molecule has 5 rings (SSSR count). The normalized spacial score (nSPS) is 26.5. The van der Waals surface area contributed by atoms with Crippen molar-refractivity contribution in [3.05, 3.63) is 11.6 Å². The number of hydrogen-bond donors (Lipinski definition) is 3. The number of fused-ring (bicyclic) bond motifs is 1. The lowest BCUT2D eigenvalue weighted by atomic mass is 9.80. The van der Waals surface area contributed by atoms with Gasteiger partial charge in [0.2, 0.25) is 0 Å². The van der Waals surface area contributed by atoms with E-state index in [0.717, 1.165) is 30.8 Å². The average molecular weight is 456 g/mol. The topological polar surface area (TPSA) is 123 Å². The van der Waals surface area contributed by atoms with Crippen LogP contribution in [0.3, 0.4) is 0 Å². The van der Waals surface area contributed by atoms with Gasteiger partial charge in [-0.3, -0.25) is 10.1 Å². The van der Waals surface area contributed by atoms with Crippen molar-refractivity contribution in [3.63, 3.8) is 0 Å². The van der Waals surface area contributed by atoms with Crippen LogP contribution in [0, 0.1) is 17.8 Å². The molecule has 1 aliphatic heterocycles. The van der Waals surface area contributed by atoms with Crippen LogP contribution in [0.4, 0.5) is 10.6 Å². The van der Waals surface area contributed by atoms with Crippen LogP contribution in [0.1, 0.15) is 88.3 Å². The number of nitrogens with one attached hydrogen (secondary N) is 3. The average Bonchev–Trinajstić information content (AvgIpc) is 3.32. The third-order valence-electron chi connectivity index (χ3n) is 7.52. The van der Waals surface area contributed by atoms with E-state index in [1.165, 1.54) is 32.1 Å². The summed E-state index contributed by atoms with van der Waals surface area (Å²) in [6.07, 6.45) is 7.11. The van der Waals surface area contributed by atoms with Crippen LogP contribution >= 0.6 is 0 Å². The Balaban J connectivity index is 1.57. The predicted molar refractivity (Wildman–Crippen MR) is 122 cm³/mol. The first-order chi connectivity index (χ1) is 15.9. The predicted octanol–water partition coefficient (Wildman–Crippen LogP) is 3.70. The first-order valence-electron chi connectivity index (χ1n) is 12.2. The Morgan fingerprint density at radius 3 is 2.55 bits per heavy atom. The van der Waals surface area contributed by atoms with Gasteiger partial charge in [-0.05, 0) is 50.4 Å². The fraction of sp³-hybridized carbons (Fsp3) is 0.696. The van der Waals surface area contributed by atoms with Crippen molar-refractivity contribution in [2.24, 2.45) is 17.8 Å². The molecule has 0 spiro atoms. The molecule has 10 heteroatoms. The fourth-order valence-electron chi connectivity index (χ4n) is 5.18. The number of aromatic nitrogens is 4. The summed E-state index contributed by atoms with van der Waals surface area (Å²) in [6.45, 7) is 6.76. The number of rotatable bonds is 7. The molecular formula is C23H33N7O3. The Morgan fingerprint density at radius 2 is 1.94 bits per heavy atom. The van der Waals surface area contributed by atoms with Crippen LogP contribution in [0.25, 0.3) is 11.2 Å². The SMILES string of the molecule is CC(=O)c1nc2nc(C3NOC(=O)N3)nc(N[C@H](C)C3CCC3)c2n1CC1CCC(C)CC1. The summed E-state index contributed by atoms with van der Waals surface area (Å²) in [5.41, 5.74) is 3.83. The fourth-order valence-corrected chi connectivity index (χ4v) is 5.18. The summed E-state index contributed by atoms with van der Waals surface area (Å²) >= 11 is 0. The first kappa shape index (κ1) is 22.1. The van der Waals surface area contributed by atoms with Gasteiger partial charge in [0.05, 0.1) is 0 Å². The van der Waals surface area contributed by atoms with Crippen LogP contribution in [0.5, 0.6) is 0 Å². The summed E-state index contributed by atoms with van der Waals surface area (Å²) in [7, 11) is 0. The first-order valence-corrected chi connectivity index (χ1v) is 12.2. The number of Topliss-reactive ketones (excluding diaryl/α,β-unsaturated/α-hetero) is 1. The number of ketones is 1. The van der Waals surface area contributed by atoms with Gasteiger partial charge in [0.25, 0.3) is 0 Å². The van der Waals surface area contributed by atoms with Crippen molar-refractivity contribution in [1.29, 1.82) is 0 Å². The number of hydrogen-bond acceptors (Lipinski definition) is 8. The number of imidazole rings is 1. The Labute approximate surface area is 193 Å². The zero-order valence-corrected chi connectivity index (χ0v) is 19.6. The minimum absolute atomic E-state index is 0.0904. The van der Waals surface area contributed by atoms with Gasteiger partial charge in [-0.15, -0.1) is 5.48 Å². The van der Waals surface area contributed by atoms with Crippen LogP contribution in [0.2, 0.25) is 0 Å². The molecular weight excluding hydrogens is 422 g/mol. The molecule has 178 valence electrons. The maximum Gasteiger partial charge on any atom is 0.427 e. The van der Waals surface area contributed by atoms with Gasteiger partial charge in [0.1, 0.15) is 5.52 Å². The van der Waals surface area contributed by atoms with E-state index < -0.39 is 12.3 Å². The second kappa shape index (κ2) is 8.89. The molecule has 2 saturated carbocycles. The minimum atomic E-state index is -0.674. The zero-order valence-electron chi connectivity index (χ0n) is 19.6. The van der Waals surface area contributed by atoms with Crippen LogP contribution in [-0.2, 0) is 11.4 Å². The largest absolute Gasteiger partial charge is 0.427 e. The third-order valence-corrected chi connectivity index (χ3v) is 7.52. The molecule has 1 amide bonds. The summed E-state index contributed by atoms with van der Waals surface area (Å²) in [5.74, 6) is 3.17. The standard InChI is InChI=1S/C23H33N7O3/c1-12-7-9-15(10-8-12)11-30-17-18(24-13(2)16-5-4-6-16)25-20(21-28-23(32)33-29-21)26-19(17)27-22(30)14(3)31/h12-13,15-16,21,29H,4-11H2,1-3H3,(H,28,32)(H,24,25,26)/t12?,13-,15?,21?/m1/s1. The van der Waals surface area contributed by atoms with E-state index in [0.29, 0.717) is 34.9 Å². The highest BCUT2D eigenvalue weighted by molar-refractivity contribution is 5.96. The molecule has 0 radical (unpaired) electrons. The van der Waals surface area contributed by atoms with E-state index >= 15 is 0 Å². The molecule has 1 saturated heterocycles. The van der Waals surface area contributed by atoms with E-state index in [1.54, 1.807) is 6.92 Å². The lowest BCUT2D eigenvalue weighted by Crippen LogP contribution is -2.32. The number of carbonyl (C=O) groups is 2. The second-order valence-corrected chi connectivity index (χ2v) is 10.0. The van der Waals surface area contributed by atoms with E-state index in [1.807, 2.05) is 4.57 Å². The lowest BCUT2D eigenvalue weighted by molar-refractivity contribution is 0.0997. The molecule has 3 aliphatic rings. The summed E-state index contributed by atoms with van der Waals surface area (Å²) in [4.78, 5) is 43.0. The second-order valence-electron chi connectivity index (χ2n) is 10.0. The maximum absolute atomic E-state index is 12.6. The Bertz CT molecular complexity index is 1060. The molecule has 1 unspecified atom stereocenters. The monoisotopic (exact) mass is 455 g/mol. The number of anilines is 1. The van der Waals surface area contributed by atoms with Gasteiger partial charge in [-0.1, -0.05) is 26.2 Å². The highest BCUT2D eigenvalue weighted by Crippen LogP contribution is 2.34. The van der Waals surface area contributed by atoms with Gasteiger partial charge in [0, 0.05) is 19.5 Å². The molecule has 3 fully saturated rings. The number of amides is 1. The quantitative estimate of drug-likeness (QED) is 0.540. The van der Waals surface area contributed by atoms with Crippen LogP contribution in [0.15, 0.2) is 0 Å². The summed E-state index contributed by atoms with van der Waals surface area (Å²) in [6, 6.07) is 0.228. The minimum Gasteiger partial charge on any atom is -0.365 e. The van der Waals surface area contributed by atoms with Gasteiger partial charge in [-0.25, -0.2) is 19.7 Å². The highest BCUT2D eigenvalue weighted by atomic mass is 16.7. The molecule has 2 aromatic heterocycles. The van der Waals surface area contributed by atoms with Gasteiger partial charge >= 0.3 is 6.09 Å². The molecule has 2 aliphatic carbocycles. The maximum atomic E-state index is 12.6. The molecule has 0 bridgehead atoms. The lowest BCUT2D eigenvalue weighted by Gasteiger charge is -2.32. The molecule has 3 N–H and O–H groups in total. The van der Waals surface area contributed by atoms with Crippen molar-refractivity contribution in [1.82, 2.24) is 30.3 Å². The van der Waals surface area contributed by atoms with Crippen molar-refractivity contribution in [2.75, 3.05) is 5.32 Å². The molecule has 0 aromatic carbocycles. The third kappa shape index (κ3) is 4.40. The molecule has 33 heavy (non-hydrogen) atoms. The zero-order chi connectivity index (χ0) is 23.1. The Kier molecular flexibility index (Phi) is 5.94. The summed E-state index contributed by atoms with van der Waals surface area (Å²) in [5, 5.41) is 6.24. The number of nitrogens with zero attached hydrogens (tertiary/aromatic N) is 4. The van der Waals surface area contributed by atoms with Gasteiger partial charge < -0.3 is 14.7 Å². The molecule has 10 nitrogen and oxygen atoms in total. The van der Waals surface area contributed by atoms with Crippen molar-refractivity contribution >= 4 is 28.9 Å². The Hall–Kier alpha value is -2.75. The smallest absolute Gasteiger partial charge is 0.365 e. The van der Waals surface area contributed by atoms with E-state index in [9.17, 15) is 9.59 Å². The van der Waals surface area contributed by atoms with Crippen LogP contribution < -0.4 is 16.1 Å². The molecule has 2 atom stereocenters. The van der Waals surface area contributed by atoms with Crippen molar-refractivity contribution < 1.29 is 14.4 Å². The summed E-state index contributed by atoms with van der Waals surface area (Å²) < 4.78 is 2.02. The van der Waals surface area contributed by atoms with Crippen molar-refractivity contribution in [2.45, 2.75) is 84.5 Å². The van der Waals surface area contributed by atoms with E-state index in [2.05, 4.69) is 39.9 Å². The van der Waals surface area contributed by atoms with E-state index in [4.69, 9.17) is 9.82 Å². The van der Waals surface area contributed by atoms with Crippen LogP contribution in [-0.4, -0.2) is 37.4 Å². The Morgan fingerprint density at radius 1 is 1.18 bits per heavy atom.